The number of carbonyl (C=O) groups excluding carboxylic acids is 5. The lowest BCUT2D eigenvalue weighted by Crippen LogP contribution is -2.38. The Morgan fingerprint density at radius 1 is 0.419 bits per heavy atom. The molecule has 0 unspecified atom stereocenters. The molecule has 4 aromatic rings. The summed E-state index contributed by atoms with van der Waals surface area (Å²) in [6.07, 6.45) is 1.30. The van der Waals surface area contributed by atoms with Crippen molar-refractivity contribution >= 4 is 30.3 Å². The average Bonchev–Trinajstić information content (AvgIpc) is 3.30. The largest absolute Gasteiger partial charge is 0.465 e. The predicted octanol–water partition coefficient (Wildman–Crippen LogP) is 8.73. The number of ether oxygens (including phenoxy) is 5. The van der Waals surface area contributed by atoms with Crippen LogP contribution in [0.1, 0.15) is 67.7 Å². The van der Waals surface area contributed by atoms with E-state index in [1.165, 1.54) is 4.90 Å². The van der Waals surface area contributed by atoms with Crippen LogP contribution in [-0.2, 0) is 54.9 Å². The van der Waals surface area contributed by atoms with Crippen LogP contribution in [0.2, 0.25) is 0 Å². The Morgan fingerprint density at radius 3 is 1.11 bits per heavy atom. The Kier molecular flexibility index (Phi) is 22.4. The van der Waals surface area contributed by atoms with Gasteiger partial charge < -0.3 is 38.8 Å². The van der Waals surface area contributed by atoms with Gasteiger partial charge in [-0.3, -0.25) is 9.69 Å². The van der Waals surface area contributed by atoms with Crippen molar-refractivity contribution < 1.29 is 47.7 Å². The summed E-state index contributed by atoms with van der Waals surface area (Å²) in [4.78, 5) is 69.0. The van der Waals surface area contributed by atoms with Gasteiger partial charge in [0.1, 0.15) is 33.0 Å². The highest BCUT2D eigenvalue weighted by atomic mass is 16.6. The molecule has 1 N–H and O–H groups in total. The van der Waals surface area contributed by atoms with E-state index in [0.29, 0.717) is 71.2 Å². The van der Waals surface area contributed by atoms with Gasteiger partial charge in [-0.1, -0.05) is 121 Å². The third-order valence-corrected chi connectivity index (χ3v) is 9.56. The maximum atomic E-state index is 13.4. The number of unbranched alkanes of at least 4 members (excludes halogenated alkanes) is 3. The minimum atomic E-state index is -0.634. The van der Waals surface area contributed by atoms with E-state index in [-0.39, 0.29) is 46.1 Å². The van der Waals surface area contributed by atoms with Crippen molar-refractivity contribution in [2.75, 3.05) is 52.4 Å². The zero-order valence-corrected chi connectivity index (χ0v) is 35.7. The average molecular weight is 853 g/mol. The van der Waals surface area contributed by atoms with Crippen molar-refractivity contribution in [1.29, 1.82) is 0 Å². The first kappa shape index (κ1) is 48.1. The maximum absolute atomic E-state index is 13.4. The second-order valence-electron chi connectivity index (χ2n) is 14.4. The van der Waals surface area contributed by atoms with Crippen LogP contribution in [0.25, 0.3) is 0 Å². The number of nitrogens with zero attached hydrogens (tertiary/aromatic N) is 3. The lowest BCUT2D eigenvalue weighted by atomic mass is 10.2. The van der Waals surface area contributed by atoms with Crippen LogP contribution in [0.3, 0.4) is 0 Å². The first-order valence-electron chi connectivity index (χ1n) is 21.3. The van der Waals surface area contributed by atoms with Crippen LogP contribution in [0, 0.1) is 0 Å². The summed E-state index contributed by atoms with van der Waals surface area (Å²) in [7, 11) is 0. The summed E-state index contributed by atoms with van der Waals surface area (Å²) in [5, 5.41) is 2.76. The number of alkyl carbamates (subject to hydrolysis) is 1. The van der Waals surface area contributed by atoms with Gasteiger partial charge in [0.2, 0.25) is 0 Å². The zero-order valence-electron chi connectivity index (χ0n) is 35.7. The van der Waals surface area contributed by atoms with Gasteiger partial charge in [-0.2, -0.15) is 0 Å². The molecule has 62 heavy (non-hydrogen) atoms. The fraction of sp³-hybridized carbons (Fsp3) is 0.396. The summed E-state index contributed by atoms with van der Waals surface area (Å²) in [5.74, 6) is -0.538. The Morgan fingerprint density at radius 2 is 0.742 bits per heavy atom. The molecule has 14 heteroatoms. The zero-order chi connectivity index (χ0) is 44.0. The lowest BCUT2D eigenvalue weighted by Gasteiger charge is -2.25. The molecule has 0 heterocycles. The molecular formula is C48H60N4O10. The van der Waals surface area contributed by atoms with E-state index in [1.54, 1.807) is 16.7 Å². The van der Waals surface area contributed by atoms with Gasteiger partial charge in [0.05, 0.1) is 6.61 Å². The van der Waals surface area contributed by atoms with Crippen molar-refractivity contribution in [3.05, 3.63) is 144 Å². The minimum Gasteiger partial charge on any atom is -0.465 e. The highest BCUT2D eigenvalue weighted by Crippen LogP contribution is 2.12. The van der Waals surface area contributed by atoms with E-state index in [4.69, 9.17) is 23.7 Å². The molecule has 4 aromatic carbocycles. The molecule has 0 fully saturated rings. The van der Waals surface area contributed by atoms with E-state index in [0.717, 1.165) is 22.3 Å². The van der Waals surface area contributed by atoms with E-state index in [9.17, 15) is 24.0 Å². The minimum absolute atomic E-state index is 0.0609. The van der Waals surface area contributed by atoms with E-state index >= 15 is 0 Å². The summed E-state index contributed by atoms with van der Waals surface area (Å²) >= 11 is 0. The van der Waals surface area contributed by atoms with Crippen molar-refractivity contribution in [2.45, 2.75) is 71.9 Å². The molecule has 0 saturated carbocycles. The van der Waals surface area contributed by atoms with Crippen molar-refractivity contribution in [3.63, 3.8) is 0 Å². The second-order valence-corrected chi connectivity index (χ2v) is 14.4. The van der Waals surface area contributed by atoms with Gasteiger partial charge in [0, 0.05) is 39.3 Å². The van der Waals surface area contributed by atoms with Crippen LogP contribution >= 0.6 is 0 Å². The highest BCUT2D eigenvalue weighted by Gasteiger charge is 2.21. The Hall–Kier alpha value is -6.57. The standard InChI is InChI=1S/C48H60N4O10/c1-2-58-44(53)35-52(48(57)62-39-43-27-13-6-14-28-43)34-20-19-33-51(47(56)61-38-42-25-11-5-12-26-42)32-18-17-31-50(46(55)60-37-41-23-9-4-10-24-41)30-16-15-29-49-45(54)59-36-40-21-7-3-8-22-40/h3-14,21-28H,2,15-20,29-39H2,1H3,(H,49,54). The molecule has 0 radical (unpaired) electrons. The molecule has 0 aromatic heterocycles. The first-order chi connectivity index (χ1) is 30.3. The Labute approximate surface area is 365 Å². The number of benzene rings is 4. The Bertz CT molecular complexity index is 1890. The smallest absolute Gasteiger partial charge is 0.410 e. The molecule has 14 nitrogen and oxygen atoms in total. The summed E-state index contributed by atoms with van der Waals surface area (Å²) in [6.45, 7) is 4.20. The number of carbonyl (C=O) groups is 5. The normalized spacial score (nSPS) is 10.5. The summed E-state index contributed by atoms with van der Waals surface area (Å²) in [6, 6.07) is 37.6. The SMILES string of the molecule is CCOC(=O)CN(CCCCN(CCCCN(CCCCNC(=O)OCc1ccccc1)C(=O)OCc1ccccc1)C(=O)OCc1ccccc1)C(=O)OCc1ccccc1. The van der Waals surface area contributed by atoms with Gasteiger partial charge in [0.15, 0.2) is 0 Å². The number of amides is 4. The van der Waals surface area contributed by atoms with Crippen molar-refractivity contribution in [3.8, 4) is 0 Å². The molecule has 4 amide bonds. The highest BCUT2D eigenvalue weighted by molar-refractivity contribution is 5.78. The van der Waals surface area contributed by atoms with E-state index in [2.05, 4.69) is 5.32 Å². The molecular weight excluding hydrogens is 793 g/mol. The van der Waals surface area contributed by atoms with Crippen LogP contribution in [0.5, 0.6) is 0 Å². The third kappa shape index (κ3) is 19.7. The van der Waals surface area contributed by atoms with Crippen LogP contribution in [-0.4, -0.2) is 97.5 Å². The van der Waals surface area contributed by atoms with Gasteiger partial charge >= 0.3 is 30.3 Å². The summed E-state index contributed by atoms with van der Waals surface area (Å²) < 4.78 is 27.3. The van der Waals surface area contributed by atoms with Gasteiger partial charge in [-0.05, 0) is 67.7 Å². The first-order valence-corrected chi connectivity index (χ1v) is 21.3. The van der Waals surface area contributed by atoms with Gasteiger partial charge in [-0.15, -0.1) is 0 Å². The van der Waals surface area contributed by atoms with E-state index in [1.807, 2.05) is 121 Å². The van der Waals surface area contributed by atoms with E-state index < -0.39 is 30.3 Å². The topological polar surface area (TPSA) is 153 Å². The predicted molar refractivity (Wildman–Crippen MR) is 234 cm³/mol. The number of esters is 1. The van der Waals surface area contributed by atoms with Crippen molar-refractivity contribution in [2.24, 2.45) is 0 Å². The fourth-order valence-electron chi connectivity index (χ4n) is 6.22. The quantitative estimate of drug-likeness (QED) is 0.0369. The van der Waals surface area contributed by atoms with Crippen LogP contribution in [0.4, 0.5) is 19.2 Å². The van der Waals surface area contributed by atoms with Crippen molar-refractivity contribution in [1.82, 2.24) is 20.0 Å². The maximum Gasteiger partial charge on any atom is 0.410 e. The molecule has 0 aliphatic carbocycles. The number of nitrogens with one attached hydrogen (secondary N) is 1. The number of hydrogen-bond acceptors (Lipinski definition) is 10. The fourth-order valence-corrected chi connectivity index (χ4v) is 6.22. The molecule has 0 aliphatic heterocycles. The molecule has 0 spiro atoms. The summed E-state index contributed by atoms with van der Waals surface area (Å²) in [5.41, 5.74) is 3.44. The van der Waals surface area contributed by atoms with Gasteiger partial charge in [-0.25, -0.2) is 19.2 Å². The molecule has 4 rings (SSSR count). The molecule has 0 saturated heterocycles. The van der Waals surface area contributed by atoms with Crippen LogP contribution in [0.15, 0.2) is 121 Å². The number of rotatable bonds is 26. The lowest BCUT2D eigenvalue weighted by molar-refractivity contribution is -0.144. The molecule has 0 atom stereocenters. The molecule has 0 bridgehead atoms. The molecule has 0 aliphatic rings. The van der Waals surface area contributed by atoms with Gasteiger partial charge in [0.25, 0.3) is 0 Å². The van der Waals surface area contributed by atoms with Crippen LogP contribution < -0.4 is 5.32 Å². The molecule has 332 valence electrons. The monoisotopic (exact) mass is 852 g/mol. The Balaban J connectivity index is 1.29. The second kappa shape index (κ2) is 28.8. The number of hydrogen-bond donors (Lipinski definition) is 1. The third-order valence-electron chi connectivity index (χ3n) is 9.56.